The van der Waals surface area contributed by atoms with E-state index >= 15 is 0 Å². The van der Waals surface area contributed by atoms with Gasteiger partial charge in [-0.15, -0.1) is 0 Å². The van der Waals surface area contributed by atoms with Crippen molar-refractivity contribution in [3.63, 3.8) is 0 Å². The number of methoxy groups -OCH3 is 2. The van der Waals surface area contributed by atoms with Crippen LogP contribution in [0.25, 0.3) is 0 Å². The van der Waals surface area contributed by atoms with Crippen molar-refractivity contribution in [3.05, 3.63) is 66.4 Å². The molecule has 0 bridgehead atoms. The van der Waals surface area contributed by atoms with Gasteiger partial charge in [-0.05, 0) is 36.4 Å². The lowest BCUT2D eigenvalue weighted by molar-refractivity contribution is -0.138. The molecule has 0 unspecified atom stereocenters. The molecular formula is C18H17N3O4. The SMILES string of the molecule is COC(=O)/C=C(/Nc1ccc(N=Nc2ccccc2)cc1)C(=O)OC. The zero-order chi connectivity index (χ0) is 18.1. The Bertz CT molecular complexity index is 784. The maximum absolute atomic E-state index is 11.7. The summed E-state index contributed by atoms with van der Waals surface area (Å²) < 4.78 is 9.15. The van der Waals surface area contributed by atoms with Gasteiger partial charge >= 0.3 is 11.9 Å². The van der Waals surface area contributed by atoms with Crippen LogP contribution in [0, 0.1) is 0 Å². The lowest BCUT2D eigenvalue weighted by Crippen LogP contribution is -2.15. The standard InChI is InChI=1S/C18H17N3O4/c1-24-17(22)12-16(18(23)25-2)19-13-8-10-15(11-9-13)21-20-14-6-4-3-5-7-14/h3-12,19H,1-2H3/b16-12+,21-20?. The minimum absolute atomic E-state index is 0.0342. The third kappa shape index (κ3) is 5.58. The van der Waals surface area contributed by atoms with Crippen LogP contribution in [0.2, 0.25) is 0 Å². The van der Waals surface area contributed by atoms with E-state index in [1.165, 1.54) is 14.2 Å². The molecule has 0 saturated heterocycles. The van der Waals surface area contributed by atoms with E-state index in [0.717, 1.165) is 11.8 Å². The number of esters is 2. The first-order valence-corrected chi connectivity index (χ1v) is 7.34. The number of hydrogen-bond donors (Lipinski definition) is 1. The summed E-state index contributed by atoms with van der Waals surface area (Å²) in [5.41, 5.74) is 1.94. The van der Waals surface area contributed by atoms with Gasteiger partial charge in [0, 0.05) is 5.69 Å². The molecule has 0 spiro atoms. The van der Waals surface area contributed by atoms with Crippen LogP contribution < -0.4 is 5.32 Å². The monoisotopic (exact) mass is 339 g/mol. The second kappa shape index (κ2) is 8.97. The van der Waals surface area contributed by atoms with Crippen LogP contribution in [0.5, 0.6) is 0 Å². The van der Waals surface area contributed by atoms with Crippen molar-refractivity contribution in [1.82, 2.24) is 0 Å². The number of benzene rings is 2. The Labute approximate surface area is 145 Å². The first-order chi connectivity index (χ1) is 12.1. The summed E-state index contributed by atoms with van der Waals surface area (Å²) in [7, 11) is 2.45. The van der Waals surface area contributed by atoms with E-state index in [1.54, 1.807) is 24.3 Å². The molecule has 0 heterocycles. The maximum Gasteiger partial charge on any atom is 0.354 e. The van der Waals surface area contributed by atoms with Crippen LogP contribution in [0.1, 0.15) is 0 Å². The Balaban J connectivity index is 2.10. The predicted molar refractivity (Wildman–Crippen MR) is 92.8 cm³/mol. The largest absolute Gasteiger partial charge is 0.466 e. The molecule has 0 aliphatic rings. The third-order valence-corrected chi connectivity index (χ3v) is 3.05. The quantitative estimate of drug-likeness (QED) is 0.492. The molecule has 2 aromatic rings. The maximum atomic E-state index is 11.7. The summed E-state index contributed by atoms with van der Waals surface area (Å²) in [6.07, 6.45) is 1.02. The first kappa shape index (κ1) is 17.9. The van der Waals surface area contributed by atoms with Gasteiger partial charge in [0.25, 0.3) is 0 Å². The number of carbonyl (C=O) groups is 2. The fourth-order valence-corrected chi connectivity index (χ4v) is 1.81. The summed E-state index contributed by atoms with van der Waals surface area (Å²) in [4.78, 5) is 23.0. The highest BCUT2D eigenvalue weighted by molar-refractivity contribution is 5.98. The molecule has 7 nitrogen and oxygen atoms in total. The van der Waals surface area contributed by atoms with Crippen molar-refractivity contribution >= 4 is 29.0 Å². The van der Waals surface area contributed by atoms with E-state index in [-0.39, 0.29) is 5.70 Å². The highest BCUT2D eigenvalue weighted by Gasteiger charge is 2.12. The number of hydrogen-bond acceptors (Lipinski definition) is 7. The van der Waals surface area contributed by atoms with Crippen LogP contribution in [0.4, 0.5) is 17.1 Å². The van der Waals surface area contributed by atoms with Gasteiger partial charge in [0.1, 0.15) is 5.70 Å². The van der Waals surface area contributed by atoms with Crippen LogP contribution in [0.15, 0.2) is 76.6 Å². The molecule has 0 aliphatic carbocycles. The zero-order valence-electron chi connectivity index (χ0n) is 13.8. The molecule has 0 aliphatic heterocycles. The summed E-state index contributed by atoms with van der Waals surface area (Å²) in [6, 6.07) is 16.2. The number of azo groups is 1. The fourth-order valence-electron chi connectivity index (χ4n) is 1.81. The summed E-state index contributed by atoms with van der Waals surface area (Å²) in [5.74, 6) is -1.35. The van der Waals surface area contributed by atoms with Gasteiger partial charge in [0.15, 0.2) is 0 Å². The highest BCUT2D eigenvalue weighted by atomic mass is 16.5. The van der Waals surface area contributed by atoms with Gasteiger partial charge in [0.2, 0.25) is 0 Å². The average Bonchev–Trinajstić information content (AvgIpc) is 2.66. The van der Waals surface area contributed by atoms with Crippen molar-refractivity contribution in [3.8, 4) is 0 Å². The van der Waals surface area contributed by atoms with Gasteiger partial charge < -0.3 is 14.8 Å². The van der Waals surface area contributed by atoms with Crippen molar-refractivity contribution in [2.24, 2.45) is 10.2 Å². The summed E-state index contributed by atoms with van der Waals surface area (Å²) in [5, 5.41) is 11.1. The van der Waals surface area contributed by atoms with E-state index in [0.29, 0.717) is 11.4 Å². The van der Waals surface area contributed by atoms with Gasteiger partial charge in [-0.3, -0.25) is 0 Å². The molecule has 25 heavy (non-hydrogen) atoms. The van der Waals surface area contributed by atoms with Crippen molar-refractivity contribution < 1.29 is 19.1 Å². The van der Waals surface area contributed by atoms with E-state index in [2.05, 4.69) is 25.0 Å². The smallest absolute Gasteiger partial charge is 0.354 e. The minimum Gasteiger partial charge on any atom is -0.466 e. The molecule has 0 radical (unpaired) electrons. The Kier molecular flexibility index (Phi) is 6.41. The molecule has 0 atom stereocenters. The Morgan fingerprint density at radius 3 is 2.04 bits per heavy atom. The highest BCUT2D eigenvalue weighted by Crippen LogP contribution is 2.21. The first-order valence-electron chi connectivity index (χ1n) is 7.34. The Hall–Kier alpha value is -3.48. The average molecular weight is 339 g/mol. The summed E-state index contributed by atoms with van der Waals surface area (Å²) in [6.45, 7) is 0. The van der Waals surface area contributed by atoms with E-state index in [9.17, 15) is 9.59 Å². The number of nitrogens with one attached hydrogen (secondary N) is 1. The van der Waals surface area contributed by atoms with Crippen molar-refractivity contribution in [2.75, 3.05) is 19.5 Å². The second-order valence-corrected chi connectivity index (χ2v) is 4.78. The van der Waals surface area contributed by atoms with E-state index in [1.807, 2.05) is 30.3 Å². The van der Waals surface area contributed by atoms with Gasteiger partial charge in [-0.25, -0.2) is 9.59 Å². The molecular weight excluding hydrogens is 322 g/mol. The number of nitrogens with zero attached hydrogens (tertiary/aromatic N) is 2. The predicted octanol–water partition coefficient (Wildman–Crippen LogP) is 3.74. The third-order valence-electron chi connectivity index (χ3n) is 3.05. The molecule has 2 rings (SSSR count). The minimum atomic E-state index is -0.682. The van der Waals surface area contributed by atoms with Gasteiger partial charge in [-0.1, -0.05) is 18.2 Å². The molecule has 0 fully saturated rings. The number of carbonyl (C=O) groups excluding carboxylic acids is 2. The molecule has 0 aromatic heterocycles. The van der Waals surface area contributed by atoms with Gasteiger partial charge in [0.05, 0.1) is 31.7 Å². The molecule has 7 heteroatoms. The normalized spacial score (nSPS) is 11.2. The van der Waals surface area contributed by atoms with Gasteiger partial charge in [-0.2, -0.15) is 10.2 Å². The van der Waals surface area contributed by atoms with E-state index in [4.69, 9.17) is 0 Å². The Morgan fingerprint density at radius 2 is 1.48 bits per heavy atom. The molecule has 1 N–H and O–H groups in total. The van der Waals surface area contributed by atoms with Crippen LogP contribution in [-0.2, 0) is 19.1 Å². The fraction of sp³-hybridized carbons (Fsp3) is 0.111. The van der Waals surface area contributed by atoms with Crippen molar-refractivity contribution in [2.45, 2.75) is 0 Å². The lowest BCUT2D eigenvalue weighted by Gasteiger charge is -2.09. The number of anilines is 1. The van der Waals surface area contributed by atoms with Crippen LogP contribution >= 0.6 is 0 Å². The zero-order valence-corrected chi connectivity index (χ0v) is 13.8. The van der Waals surface area contributed by atoms with Crippen molar-refractivity contribution in [1.29, 1.82) is 0 Å². The lowest BCUT2D eigenvalue weighted by atomic mass is 10.2. The second-order valence-electron chi connectivity index (χ2n) is 4.78. The molecule has 2 aromatic carbocycles. The molecule has 0 amide bonds. The summed E-state index contributed by atoms with van der Waals surface area (Å²) >= 11 is 0. The topological polar surface area (TPSA) is 89.4 Å². The number of rotatable bonds is 6. The molecule has 0 saturated carbocycles. The number of ether oxygens (including phenoxy) is 2. The molecule has 128 valence electrons. The van der Waals surface area contributed by atoms with Crippen LogP contribution in [-0.4, -0.2) is 26.2 Å². The Morgan fingerprint density at radius 1 is 0.880 bits per heavy atom. The van der Waals surface area contributed by atoms with Crippen LogP contribution in [0.3, 0.4) is 0 Å². The van der Waals surface area contributed by atoms with E-state index < -0.39 is 11.9 Å².